The molecule has 176 valence electrons. The van der Waals surface area contributed by atoms with Crippen LogP contribution in [0, 0.1) is 11.3 Å². The summed E-state index contributed by atoms with van der Waals surface area (Å²) in [5.74, 6) is 0.598. The number of rotatable bonds is 4. The van der Waals surface area contributed by atoms with Gasteiger partial charge in [0.25, 0.3) is 0 Å². The molecule has 5 rings (SSSR count). The van der Waals surface area contributed by atoms with Crippen molar-refractivity contribution in [3.63, 3.8) is 0 Å². The zero-order valence-electron chi connectivity index (χ0n) is 18.6. The molecular weight excluding hydrogens is 417 g/mol. The predicted molar refractivity (Wildman–Crippen MR) is 115 cm³/mol. The van der Waals surface area contributed by atoms with E-state index in [0.29, 0.717) is 43.1 Å². The Labute approximate surface area is 187 Å². The molecule has 4 aliphatic rings. The smallest absolute Gasteiger partial charge is 0.381 e. The summed E-state index contributed by atoms with van der Waals surface area (Å²) in [4.78, 5) is 15.8. The third kappa shape index (κ3) is 4.18. The summed E-state index contributed by atoms with van der Waals surface area (Å²) < 4.78 is 45.1. The van der Waals surface area contributed by atoms with Gasteiger partial charge in [-0.15, -0.1) is 0 Å². The normalized spacial score (nSPS) is 29.6. The van der Waals surface area contributed by atoms with E-state index in [4.69, 9.17) is 4.74 Å². The van der Waals surface area contributed by atoms with Crippen molar-refractivity contribution in [2.24, 2.45) is 11.3 Å². The Morgan fingerprint density at radius 1 is 1.06 bits per heavy atom. The monoisotopic (exact) mass is 450 g/mol. The maximum absolute atomic E-state index is 13.9. The van der Waals surface area contributed by atoms with Gasteiger partial charge in [-0.05, 0) is 80.5 Å². The molecule has 1 aromatic rings. The lowest BCUT2D eigenvalue weighted by Crippen LogP contribution is -2.51. The SMILES string of the molecule is O=C(N1CCc2ccc(C(F)(F)F)cc2C1)[C@@]1(C2CCC2)CC[C@@H](NC2CCOCC2)C1. The number of nitrogens with one attached hydrogen (secondary N) is 1. The van der Waals surface area contributed by atoms with Gasteiger partial charge in [-0.2, -0.15) is 13.2 Å². The fourth-order valence-corrected chi connectivity index (χ4v) is 6.34. The lowest BCUT2D eigenvalue weighted by atomic mass is 9.63. The average Bonchev–Trinajstić information content (AvgIpc) is 3.15. The van der Waals surface area contributed by atoms with Gasteiger partial charge >= 0.3 is 6.18 Å². The molecule has 0 bridgehead atoms. The van der Waals surface area contributed by atoms with E-state index < -0.39 is 11.7 Å². The first-order valence-corrected chi connectivity index (χ1v) is 12.2. The van der Waals surface area contributed by atoms with E-state index in [1.165, 1.54) is 12.5 Å². The Balaban J connectivity index is 1.32. The summed E-state index contributed by atoms with van der Waals surface area (Å²) in [6.45, 7) is 2.49. The van der Waals surface area contributed by atoms with Gasteiger partial charge in [0, 0.05) is 38.4 Å². The van der Waals surface area contributed by atoms with Crippen LogP contribution in [0.1, 0.15) is 68.1 Å². The molecule has 0 unspecified atom stereocenters. The van der Waals surface area contributed by atoms with Crippen molar-refractivity contribution in [3.05, 3.63) is 34.9 Å². The molecule has 32 heavy (non-hydrogen) atoms. The van der Waals surface area contributed by atoms with Gasteiger partial charge in [0.15, 0.2) is 0 Å². The van der Waals surface area contributed by atoms with Crippen molar-refractivity contribution >= 4 is 5.91 Å². The number of ether oxygens (including phenoxy) is 1. The van der Waals surface area contributed by atoms with E-state index in [1.807, 2.05) is 4.90 Å². The fourth-order valence-electron chi connectivity index (χ4n) is 6.34. The van der Waals surface area contributed by atoms with E-state index in [-0.39, 0.29) is 11.3 Å². The maximum atomic E-state index is 13.9. The third-order valence-electron chi connectivity index (χ3n) is 8.39. The molecular formula is C25H33F3N2O2. The Morgan fingerprint density at radius 2 is 1.84 bits per heavy atom. The molecule has 2 aliphatic heterocycles. The summed E-state index contributed by atoms with van der Waals surface area (Å²) in [5.41, 5.74) is 0.615. The molecule has 1 saturated heterocycles. The van der Waals surface area contributed by atoms with Gasteiger partial charge in [-0.25, -0.2) is 0 Å². The van der Waals surface area contributed by atoms with Crippen LogP contribution < -0.4 is 5.32 Å². The number of halogens is 3. The highest BCUT2D eigenvalue weighted by Gasteiger charge is 2.53. The van der Waals surface area contributed by atoms with Crippen LogP contribution in [-0.4, -0.2) is 42.6 Å². The molecule has 0 radical (unpaired) electrons. The maximum Gasteiger partial charge on any atom is 0.416 e. The van der Waals surface area contributed by atoms with E-state index in [9.17, 15) is 18.0 Å². The molecule has 0 aromatic heterocycles. The van der Waals surface area contributed by atoms with Crippen molar-refractivity contribution in [1.82, 2.24) is 10.2 Å². The molecule has 1 amide bonds. The van der Waals surface area contributed by atoms with Crippen LogP contribution in [0.3, 0.4) is 0 Å². The Hall–Kier alpha value is -1.60. The van der Waals surface area contributed by atoms with Gasteiger partial charge in [0.2, 0.25) is 5.91 Å². The van der Waals surface area contributed by atoms with Crippen LogP contribution in [0.25, 0.3) is 0 Å². The molecule has 0 spiro atoms. The molecule has 2 saturated carbocycles. The highest BCUT2D eigenvalue weighted by Crippen LogP contribution is 2.53. The first-order chi connectivity index (χ1) is 15.3. The molecule has 1 aromatic carbocycles. The largest absolute Gasteiger partial charge is 0.416 e. The second kappa shape index (κ2) is 8.64. The minimum atomic E-state index is -4.36. The van der Waals surface area contributed by atoms with Crippen LogP contribution in [0.5, 0.6) is 0 Å². The summed E-state index contributed by atoms with van der Waals surface area (Å²) in [6.07, 6.45) is 4.43. The standard InChI is InChI=1S/C25H33F3N2O2/c26-25(27,28)20-5-4-17-7-11-30(16-18(17)14-20)23(31)24(19-2-1-3-19)10-6-22(15-24)29-21-8-12-32-13-9-21/h4-5,14,19,21-22,29H,1-3,6-13,15-16H2/t22-,24+/m1/s1. The highest BCUT2D eigenvalue weighted by molar-refractivity contribution is 5.84. The predicted octanol–water partition coefficient (Wildman–Crippen LogP) is 4.70. The molecule has 2 heterocycles. The molecule has 1 N–H and O–H groups in total. The van der Waals surface area contributed by atoms with Crippen molar-refractivity contribution in [1.29, 1.82) is 0 Å². The van der Waals surface area contributed by atoms with Crippen molar-refractivity contribution < 1.29 is 22.7 Å². The number of hydrogen-bond acceptors (Lipinski definition) is 3. The van der Waals surface area contributed by atoms with Crippen LogP contribution in [-0.2, 0) is 28.7 Å². The van der Waals surface area contributed by atoms with Gasteiger partial charge in [0.1, 0.15) is 0 Å². The summed E-state index contributed by atoms with van der Waals surface area (Å²) in [5, 5.41) is 3.80. The third-order valence-corrected chi connectivity index (χ3v) is 8.39. The number of hydrogen-bond donors (Lipinski definition) is 1. The minimum absolute atomic E-state index is 0.182. The quantitative estimate of drug-likeness (QED) is 0.723. The number of amides is 1. The molecule has 4 nitrogen and oxygen atoms in total. The van der Waals surface area contributed by atoms with Crippen LogP contribution in [0.15, 0.2) is 18.2 Å². The Kier molecular flexibility index (Phi) is 5.99. The number of carbonyl (C=O) groups is 1. The Morgan fingerprint density at radius 3 is 2.53 bits per heavy atom. The number of alkyl halides is 3. The van der Waals surface area contributed by atoms with Crippen molar-refractivity contribution in [2.75, 3.05) is 19.8 Å². The lowest BCUT2D eigenvalue weighted by Gasteiger charge is -2.45. The second-order valence-corrected chi connectivity index (χ2v) is 10.2. The van der Waals surface area contributed by atoms with Crippen molar-refractivity contribution in [2.45, 2.75) is 82.6 Å². The summed E-state index contributed by atoms with van der Waals surface area (Å²) in [6, 6.07) is 4.80. The number of fused-ring (bicyclic) bond motifs is 1. The summed E-state index contributed by atoms with van der Waals surface area (Å²) in [7, 11) is 0. The van der Waals surface area contributed by atoms with E-state index >= 15 is 0 Å². The number of benzene rings is 1. The summed E-state index contributed by atoms with van der Waals surface area (Å²) >= 11 is 0. The van der Waals surface area contributed by atoms with Crippen LogP contribution in [0.2, 0.25) is 0 Å². The minimum Gasteiger partial charge on any atom is -0.381 e. The van der Waals surface area contributed by atoms with Gasteiger partial charge in [-0.1, -0.05) is 12.5 Å². The van der Waals surface area contributed by atoms with Gasteiger partial charge < -0.3 is 15.0 Å². The zero-order valence-corrected chi connectivity index (χ0v) is 18.6. The first kappa shape index (κ1) is 22.2. The molecule has 3 fully saturated rings. The fraction of sp³-hybridized carbons (Fsp3) is 0.720. The number of carbonyl (C=O) groups excluding carboxylic acids is 1. The van der Waals surface area contributed by atoms with E-state index in [0.717, 1.165) is 69.8 Å². The number of nitrogens with zero attached hydrogens (tertiary/aromatic N) is 1. The van der Waals surface area contributed by atoms with Crippen molar-refractivity contribution in [3.8, 4) is 0 Å². The van der Waals surface area contributed by atoms with E-state index in [2.05, 4.69) is 5.32 Å². The van der Waals surface area contributed by atoms with Crippen LogP contribution in [0.4, 0.5) is 13.2 Å². The van der Waals surface area contributed by atoms with Gasteiger partial charge in [-0.3, -0.25) is 4.79 Å². The molecule has 7 heteroatoms. The average molecular weight is 451 g/mol. The topological polar surface area (TPSA) is 41.6 Å². The first-order valence-electron chi connectivity index (χ1n) is 12.2. The van der Waals surface area contributed by atoms with Crippen LogP contribution >= 0.6 is 0 Å². The van der Waals surface area contributed by atoms with Gasteiger partial charge in [0.05, 0.1) is 11.0 Å². The molecule has 2 atom stereocenters. The molecule has 2 aliphatic carbocycles. The zero-order chi connectivity index (χ0) is 22.3. The highest BCUT2D eigenvalue weighted by atomic mass is 19.4. The second-order valence-electron chi connectivity index (χ2n) is 10.2. The Bertz CT molecular complexity index is 848. The lowest BCUT2D eigenvalue weighted by molar-refractivity contribution is -0.149. The van der Waals surface area contributed by atoms with E-state index in [1.54, 1.807) is 6.07 Å².